The van der Waals surface area contributed by atoms with Crippen molar-refractivity contribution in [2.75, 3.05) is 5.73 Å². The van der Waals surface area contributed by atoms with Gasteiger partial charge in [0, 0.05) is 12.1 Å². The number of nitrogens with zero attached hydrogens (tertiary/aromatic N) is 3. The lowest BCUT2D eigenvalue weighted by molar-refractivity contribution is 0.475. The molecule has 5 N–H and O–H groups in total. The van der Waals surface area contributed by atoms with Gasteiger partial charge in [-0.3, -0.25) is 0 Å². The first-order valence-electron chi connectivity index (χ1n) is 6.80. The molecule has 0 spiro atoms. The van der Waals surface area contributed by atoms with Gasteiger partial charge >= 0.3 is 0 Å². The number of fused-ring (bicyclic) bond motifs is 1. The van der Waals surface area contributed by atoms with E-state index < -0.39 is 0 Å². The van der Waals surface area contributed by atoms with E-state index in [1.165, 1.54) is 6.08 Å². The van der Waals surface area contributed by atoms with Crippen molar-refractivity contribution in [3.05, 3.63) is 42.0 Å². The van der Waals surface area contributed by atoms with Crippen molar-refractivity contribution in [3.8, 4) is 17.0 Å². The summed E-state index contributed by atoms with van der Waals surface area (Å²) < 4.78 is 0. The van der Waals surface area contributed by atoms with Gasteiger partial charge in [0.2, 0.25) is 12.0 Å². The van der Waals surface area contributed by atoms with Gasteiger partial charge in [-0.05, 0) is 23.8 Å². The summed E-state index contributed by atoms with van der Waals surface area (Å²) in [6, 6.07) is 10.0. The largest absolute Gasteiger partial charge is 0.508 e. The normalized spacial score (nSPS) is 10.5. The Labute approximate surface area is 131 Å². The number of hydrogen-bond donors (Lipinski definition) is 3. The highest BCUT2D eigenvalue weighted by Gasteiger charge is 2.15. The first-order chi connectivity index (χ1) is 11.1. The first kappa shape index (κ1) is 14.6. The van der Waals surface area contributed by atoms with Gasteiger partial charge in [0.1, 0.15) is 5.75 Å². The van der Waals surface area contributed by atoms with Crippen LogP contribution in [0.25, 0.3) is 22.2 Å². The maximum absolute atomic E-state index is 10.8. The highest BCUT2D eigenvalue weighted by molar-refractivity contribution is 6.02. The molecule has 3 rings (SSSR count). The highest BCUT2D eigenvalue weighted by Crippen LogP contribution is 2.37. The second-order valence-electron chi connectivity index (χ2n) is 4.86. The average molecular weight is 307 g/mol. The summed E-state index contributed by atoms with van der Waals surface area (Å²) in [5.41, 5.74) is 14.1. The number of aromatic hydroxyl groups is 1. The van der Waals surface area contributed by atoms with Gasteiger partial charge in [-0.25, -0.2) is 14.8 Å². The Bertz CT molecular complexity index is 949. The molecular weight excluding hydrogens is 294 g/mol. The molecule has 0 saturated heterocycles. The minimum absolute atomic E-state index is 0.0809. The van der Waals surface area contributed by atoms with Crippen LogP contribution in [0.15, 0.2) is 41.4 Å². The molecule has 23 heavy (non-hydrogen) atoms. The standard InChI is InChI=1S/C16H13N5O2/c17-7-10-4-5-12-13(14(10)19-8-22)15(21-16(18)20-12)9-2-1-3-11(23)6-9/h1-6,23H,7,17H2,(H2,18,20,21). The van der Waals surface area contributed by atoms with Crippen molar-refractivity contribution in [3.63, 3.8) is 0 Å². The van der Waals surface area contributed by atoms with E-state index >= 15 is 0 Å². The Hall–Kier alpha value is -3.28. The van der Waals surface area contributed by atoms with E-state index in [2.05, 4.69) is 15.0 Å². The number of carbonyl (C=O) groups excluding carboxylic acids is 1. The number of isocyanates is 1. The van der Waals surface area contributed by atoms with E-state index in [0.717, 1.165) is 0 Å². The fraction of sp³-hybridized carbons (Fsp3) is 0.0625. The fourth-order valence-corrected chi connectivity index (χ4v) is 2.47. The molecule has 7 nitrogen and oxygen atoms in total. The number of anilines is 1. The first-order valence-corrected chi connectivity index (χ1v) is 6.80. The molecule has 1 heterocycles. The molecule has 0 unspecified atom stereocenters. The fourth-order valence-electron chi connectivity index (χ4n) is 2.47. The minimum atomic E-state index is 0.0809. The topological polar surface area (TPSA) is 127 Å². The summed E-state index contributed by atoms with van der Waals surface area (Å²) >= 11 is 0. The van der Waals surface area contributed by atoms with Crippen LogP contribution in [0.3, 0.4) is 0 Å². The van der Waals surface area contributed by atoms with E-state index in [1.54, 1.807) is 36.4 Å². The monoisotopic (exact) mass is 307 g/mol. The molecule has 0 atom stereocenters. The van der Waals surface area contributed by atoms with Crippen molar-refractivity contribution in [1.82, 2.24) is 9.97 Å². The summed E-state index contributed by atoms with van der Waals surface area (Å²) in [5.74, 6) is 0.167. The van der Waals surface area contributed by atoms with E-state index in [4.69, 9.17) is 11.5 Å². The second kappa shape index (κ2) is 5.84. The third-order valence-electron chi connectivity index (χ3n) is 3.43. The van der Waals surface area contributed by atoms with Crippen LogP contribution in [0.5, 0.6) is 5.75 Å². The molecule has 1 aromatic heterocycles. The molecule has 2 aromatic carbocycles. The SMILES string of the molecule is NCc1ccc2nc(N)nc(-c3cccc(O)c3)c2c1N=C=O. The smallest absolute Gasteiger partial charge is 0.240 e. The summed E-state index contributed by atoms with van der Waals surface area (Å²) in [7, 11) is 0. The lowest BCUT2D eigenvalue weighted by atomic mass is 10.0. The molecular formula is C16H13N5O2. The quantitative estimate of drug-likeness (QED) is 0.501. The maximum atomic E-state index is 10.8. The molecule has 0 aliphatic heterocycles. The lowest BCUT2D eigenvalue weighted by Gasteiger charge is -2.11. The molecule has 0 fully saturated rings. The van der Waals surface area contributed by atoms with Crippen LogP contribution < -0.4 is 11.5 Å². The highest BCUT2D eigenvalue weighted by atomic mass is 16.3. The molecule has 0 bridgehead atoms. The molecule has 0 amide bonds. The Morgan fingerprint density at radius 1 is 1.22 bits per heavy atom. The van der Waals surface area contributed by atoms with Gasteiger partial charge in [-0.15, -0.1) is 0 Å². The van der Waals surface area contributed by atoms with Crippen LogP contribution in [0.1, 0.15) is 5.56 Å². The second-order valence-corrected chi connectivity index (χ2v) is 4.86. The van der Waals surface area contributed by atoms with Crippen molar-refractivity contribution < 1.29 is 9.90 Å². The van der Waals surface area contributed by atoms with Crippen molar-refractivity contribution in [2.24, 2.45) is 10.7 Å². The van der Waals surface area contributed by atoms with Crippen LogP contribution in [0.4, 0.5) is 11.6 Å². The van der Waals surface area contributed by atoms with Crippen LogP contribution in [-0.4, -0.2) is 21.2 Å². The Morgan fingerprint density at radius 2 is 2.04 bits per heavy atom. The summed E-state index contributed by atoms with van der Waals surface area (Å²) in [5, 5.41) is 10.2. The van der Waals surface area contributed by atoms with Gasteiger partial charge in [0.05, 0.1) is 22.3 Å². The lowest BCUT2D eigenvalue weighted by Crippen LogP contribution is -2.01. The molecule has 7 heteroatoms. The molecule has 0 aliphatic carbocycles. The van der Waals surface area contributed by atoms with Crippen LogP contribution in [0, 0.1) is 0 Å². The molecule has 0 saturated carbocycles. The molecule has 0 radical (unpaired) electrons. The zero-order valence-electron chi connectivity index (χ0n) is 12.0. The van der Waals surface area contributed by atoms with Gasteiger partial charge in [-0.1, -0.05) is 18.2 Å². The van der Waals surface area contributed by atoms with Crippen LogP contribution in [-0.2, 0) is 11.3 Å². The number of rotatable bonds is 3. The summed E-state index contributed by atoms with van der Waals surface area (Å²) in [6.45, 7) is 0.195. The summed E-state index contributed by atoms with van der Waals surface area (Å²) in [6.07, 6.45) is 1.54. The van der Waals surface area contributed by atoms with Crippen LogP contribution >= 0.6 is 0 Å². The number of nitrogens with two attached hydrogens (primary N) is 2. The third kappa shape index (κ3) is 2.62. The molecule has 114 valence electrons. The van der Waals surface area contributed by atoms with Crippen molar-refractivity contribution in [2.45, 2.75) is 6.54 Å². The van der Waals surface area contributed by atoms with E-state index in [-0.39, 0.29) is 18.2 Å². The van der Waals surface area contributed by atoms with Gasteiger partial charge in [0.25, 0.3) is 0 Å². The Morgan fingerprint density at radius 3 is 2.74 bits per heavy atom. The zero-order chi connectivity index (χ0) is 16.4. The Balaban J connectivity index is 2.47. The number of aliphatic imine (C=N–C) groups is 1. The van der Waals surface area contributed by atoms with E-state index in [1.807, 2.05) is 0 Å². The average Bonchev–Trinajstić information content (AvgIpc) is 2.54. The molecule has 0 aliphatic rings. The summed E-state index contributed by atoms with van der Waals surface area (Å²) in [4.78, 5) is 23.0. The van der Waals surface area contributed by atoms with E-state index in [0.29, 0.717) is 33.4 Å². The third-order valence-corrected chi connectivity index (χ3v) is 3.43. The number of nitrogen functional groups attached to an aromatic ring is 1. The minimum Gasteiger partial charge on any atom is -0.508 e. The van der Waals surface area contributed by atoms with Gasteiger partial charge in [0.15, 0.2) is 0 Å². The number of benzene rings is 2. The van der Waals surface area contributed by atoms with Crippen molar-refractivity contribution in [1.29, 1.82) is 0 Å². The maximum Gasteiger partial charge on any atom is 0.240 e. The predicted octanol–water partition coefficient (Wildman–Crippen LogP) is 2.01. The van der Waals surface area contributed by atoms with Crippen molar-refractivity contribution >= 4 is 28.6 Å². The van der Waals surface area contributed by atoms with Crippen LogP contribution in [0.2, 0.25) is 0 Å². The molecule has 3 aromatic rings. The Kier molecular flexibility index (Phi) is 3.72. The predicted molar refractivity (Wildman–Crippen MR) is 86.7 cm³/mol. The number of phenols is 1. The van der Waals surface area contributed by atoms with Gasteiger partial charge < -0.3 is 16.6 Å². The van der Waals surface area contributed by atoms with E-state index in [9.17, 15) is 9.90 Å². The number of hydrogen-bond acceptors (Lipinski definition) is 7. The zero-order valence-corrected chi connectivity index (χ0v) is 12.0. The van der Waals surface area contributed by atoms with Gasteiger partial charge in [-0.2, -0.15) is 4.99 Å². The number of phenolic OH excluding ortho intramolecular Hbond substituents is 1. The number of aromatic nitrogens is 2.